The first-order valence-corrected chi connectivity index (χ1v) is 7.11. The summed E-state index contributed by atoms with van der Waals surface area (Å²) in [5, 5.41) is 0. The van der Waals surface area contributed by atoms with Crippen LogP contribution in [-0.4, -0.2) is 70.1 Å². The van der Waals surface area contributed by atoms with Gasteiger partial charge in [-0.3, -0.25) is 4.57 Å². The molecule has 0 aliphatic carbocycles. The van der Waals surface area contributed by atoms with Crippen LogP contribution in [0.3, 0.4) is 0 Å². The van der Waals surface area contributed by atoms with Gasteiger partial charge in [0.1, 0.15) is 12.7 Å². The minimum atomic E-state index is -3.31. The number of ether oxygens (including phenoxy) is 3. The van der Waals surface area contributed by atoms with E-state index in [9.17, 15) is 9.46 Å². The van der Waals surface area contributed by atoms with E-state index in [4.69, 9.17) is 14.2 Å². The summed E-state index contributed by atoms with van der Waals surface area (Å²) in [5.41, 5.74) is 0. The van der Waals surface area contributed by atoms with Gasteiger partial charge in [-0.15, -0.1) is 0 Å². The molecular formula is C9H22NO5P. The molecule has 0 aromatic heterocycles. The van der Waals surface area contributed by atoms with Gasteiger partial charge in [0.2, 0.25) is 7.37 Å². The van der Waals surface area contributed by atoms with Crippen molar-refractivity contribution >= 4 is 7.37 Å². The fourth-order valence-corrected chi connectivity index (χ4v) is 1.74. The minimum absolute atomic E-state index is 0.159. The molecule has 0 spiro atoms. The molecule has 16 heavy (non-hydrogen) atoms. The van der Waals surface area contributed by atoms with Gasteiger partial charge in [-0.2, -0.15) is 0 Å². The molecule has 7 heteroatoms. The third kappa shape index (κ3) is 10.5. The Balaban J connectivity index is 3.50. The van der Waals surface area contributed by atoms with Crippen molar-refractivity contribution in [2.75, 3.05) is 60.3 Å². The molecule has 6 nitrogen and oxygen atoms in total. The highest BCUT2D eigenvalue weighted by Gasteiger charge is 2.18. The van der Waals surface area contributed by atoms with Gasteiger partial charge in [0.05, 0.1) is 19.8 Å². The van der Waals surface area contributed by atoms with Crippen LogP contribution in [0.4, 0.5) is 0 Å². The van der Waals surface area contributed by atoms with Gasteiger partial charge in [0, 0.05) is 13.7 Å². The van der Waals surface area contributed by atoms with Crippen LogP contribution in [0.25, 0.3) is 0 Å². The van der Waals surface area contributed by atoms with Gasteiger partial charge < -0.3 is 24.0 Å². The zero-order valence-electron chi connectivity index (χ0n) is 10.2. The van der Waals surface area contributed by atoms with E-state index in [0.29, 0.717) is 19.8 Å². The molecule has 0 bridgehead atoms. The van der Waals surface area contributed by atoms with Crippen LogP contribution >= 0.6 is 7.37 Å². The molecule has 0 amide bonds. The quantitative estimate of drug-likeness (QED) is 0.450. The lowest BCUT2D eigenvalue weighted by molar-refractivity contribution is 0.0855. The monoisotopic (exact) mass is 255 g/mol. The fraction of sp³-hybridized carbons (Fsp3) is 1.00. The van der Waals surface area contributed by atoms with Crippen molar-refractivity contribution in [2.24, 2.45) is 0 Å². The second-order valence-electron chi connectivity index (χ2n) is 3.72. The predicted molar refractivity (Wildman–Crippen MR) is 61.9 cm³/mol. The standard InChI is InChI=1S/C9H22NO5P/c1-10(2)4-5-14-8-16(11,12)9-15-7-6-13-3/h4-9H2,1-3H3,(H,11,12). The molecule has 0 rings (SSSR count). The molecule has 0 saturated heterocycles. The Morgan fingerprint density at radius 3 is 2.19 bits per heavy atom. The molecule has 0 fully saturated rings. The van der Waals surface area contributed by atoms with E-state index in [2.05, 4.69) is 0 Å². The fourth-order valence-electron chi connectivity index (χ4n) is 0.841. The van der Waals surface area contributed by atoms with E-state index < -0.39 is 7.37 Å². The summed E-state index contributed by atoms with van der Waals surface area (Å²) >= 11 is 0. The largest absolute Gasteiger partial charge is 0.382 e. The van der Waals surface area contributed by atoms with Gasteiger partial charge in [0.15, 0.2) is 0 Å². The molecule has 0 aliphatic rings. The number of hydrogen-bond donors (Lipinski definition) is 1. The van der Waals surface area contributed by atoms with Gasteiger partial charge in [-0.05, 0) is 14.1 Å². The lowest BCUT2D eigenvalue weighted by Gasteiger charge is -2.14. The molecule has 1 N–H and O–H groups in total. The number of likely N-dealkylation sites (N-methyl/N-ethyl adjacent to an activating group) is 1. The van der Waals surface area contributed by atoms with Crippen LogP contribution in [0.5, 0.6) is 0 Å². The molecule has 0 saturated carbocycles. The van der Waals surface area contributed by atoms with Crippen LogP contribution in [0.2, 0.25) is 0 Å². The Kier molecular flexibility index (Phi) is 9.12. The van der Waals surface area contributed by atoms with E-state index in [1.807, 2.05) is 19.0 Å². The molecule has 98 valence electrons. The Labute approximate surface area is 96.9 Å². The van der Waals surface area contributed by atoms with Gasteiger partial charge in [0.25, 0.3) is 0 Å². The Morgan fingerprint density at radius 1 is 1.12 bits per heavy atom. The van der Waals surface area contributed by atoms with Crippen molar-refractivity contribution in [2.45, 2.75) is 0 Å². The summed E-state index contributed by atoms with van der Waals surface area (Å²) in [4.78, 5) is 11.4. The van der Waals surface area contributed by atoms with Crippen molar-refractivity contribution in [3.8, 4) is 0 Å². The Bertz CT molecular complexity index is 212. The molecule has 0 aliphatic heterocycles. The van der Waals surface area contributed by atoms with Crippen molar-refractivity contribution in [1.82, 2.24) is 4.90 Å². The normalized spacial score (nSPS) is 15.3. The number of rotatable bonds is 10. The van der Waals surface area contributed by atoms with Gasteiger partial charge in [-0.25, -0.2) is 0 Å². The van der Waals surface area contributed by atoms with Crippen LogP contribution in [0.1, 0.15) is 0 Å². The topological polar surface area (TPSA) is 68.2 Å². The van der Waals surface area contributed by atoms with Crippen LogP contribution < -0.4 is 0 Å². The molecule has 0 aromatic carbocycles. The highest BCUT2D eigenvalue weighted by molar-refractivity contribution is 7.57. The highest BCUT2D eigenvalue weighted by Crippen LogP contribution is 2.39. The first-order chi connectivity index (χ1) is 7.48. The molecule has 0 heterocycles. The second-order valence-corrected chi connectivity index (χ2v) is 5.93. The van der Waals surface area contributed by atoms with E-state index in [-0.39, 0.29) is 12.7 Å². The third-order valence-electron chi connectivity index (χ3n) is 1.70. The Hall–Kier alpha value is 0.0300. The number of nitrogens with zero attached hydrogens (tertiary/aromatic N) is 1. The van der Waals surface area contributed by atoms with Crippen molar-refractivity contribution in [3.63, 3.8) is 0 Å². The minimum Gasteiger partial charge on any atom is -0.382 e. The molecular weight excluding hydrogens is 233 g/mol. The molecule has 0 radical (unpaired) electrons. The first-order valence-electron chi connectivity index (χ1n) is 5.08. The second kappa shape index (κ2) is 9.10. The number of methoxy groups -OCH3 is 1. The predicted octanol–water partition coefficient (Wildman–Crippen LogP) is 0.413. The third-order valence-corrected chi connectivity index (χ3v) is 2.87. The van der Waals surface area contributed by atoms with E-state index >= 15 is 0 Å². The van der Waals surface area contributed by atoms with Crippen LogP contribution in [-0.2, 0) is 18.8 Å². The number of hydrogen-bond acceptors (Lipinski definition) is 5. The van der Waals surface area contributed by atoms with E-state index in [1.165, 1.54) is 0 Å². The smallest absolute Gasteiger partial charge is 0.250 e. The first kappa shape index (κ1) is 16.0. The van der Waals surface area contributed by atoms with Crippen molar-refractivity contribution < 1.29 is 23.7 Å². The van der Waals surface area contributed by atoms with Crippen LogP contribution in [0.15, 0.2) is 0 Å². The average molecular weight is 255 g/mol. The summed E-state index contributed by atoms with van der Waals surface area (Å²) in [6.07, 6.45) is -0.341. The van der Waals surface area contributed by atoms with E-state index in [0.717, 1.165) is 6.54 Å². The zero-order chi connectivity index (χ0) is 12.4. The summed E-state index contributed by atoms with van der Waals surface area (Å²) in [7, 11) is 2.06. The van der Waals surface area contributed by atoms with Crippen molar-refractivity contribution in [1.29, 1.82) is 0 Å². The molecule has 0 aromatic rings. The SMILES string of the molecule is COCCOCP(=O)(O)COCCN(C)C. The summed E-state index contributed by atoms with van der Waals surface area (Å²) < 4.78 is 26.3. The molecule has 1 unspecified atom stereocenters. The Morgan fingerprint density at radius 2 is 1.69 bits per heavy atom. The average Bonchev–Trinajstić information content (AvgIpc) is 2.19. The maximum Gasteiger partial charge on any atom is 0.250 e. The van der Waals surface area contributed by atoms with Gasteiger partial charge >= 0.3 is 0 Å². The summed E-state index contributed by atoms with van der Waals surface area (Å²) in [6, 6.07) is 0. The highest BCUT2D eigenvalue weighted by atomic mass is 31.2. The summed E-state index contributed by atoms with van der Waals surface area (Å²) in [5.74, 6) is 0. The van der Waals surface area contributed by atoms with Crippen LogP contribution in [0, 0.1) is 0 Å². The van der Waals surface area contributed by atoms with Gasteiger partial charge in [-0.1, -0.05) is 0 Å². The molecule has 1 atom stereocenters. The maximum absolute atomic E-state index is 11.5. The maximum atomic E-state index is 11.5. The van der Waals surface area contributed by atoms with Crippen molar-refractivity contribution in [3.05, 3.63) is 0 Å². The van der Waals surface area contributed by atoms with E-state index in [1.54, 1.807) is 7.11 Å². The zero-order valence-corrected chi connectivity index (χ0v) is 11.1. The lowest BCUT2D eigenvalue weighted by atomic mass is 10.6. The lowest BCUT2D eigenvalue weighted by Crippen LogP contribution is -2.18. The summed E-state index contributed by atoms with van der Waals surface area (Å²) in [6.45, 7) is 1.90.